The van der Waals surface area contributed by atoms with E-state index in [9.17, 15) is 4.39 Å². The lowest BCUT2D eigenvalue weighted by atomic mass is 9.79. The van der Waals surface area contributed by atoms with E-state index in [1.165, 1.54) is 14.7 Å². The van der Waals surface area contributed by atoms with Crippen LogP contribution >= 0.6 is 22.6 Å². The molecule has 2 aromatic rings. The Bertz CT molecular complexity index is 873. The van der Waals surface area contributed by atoms with Gasteiger partial charge < -0.3 is 4.90 Å². The molecule has 0 saturated heterocycles. The highest BCUT2D eigenvalue weighted by Gasteiger charge is 2.36. The fourth-order valence-electron chi connectivity index (χ4n) is 4.12. The summed E-state index contributed by atoms with van der Waals surface area (Å²) in [4.78, 5) is 6.89. The molecule has 1 aliphatic heterocycles. The quantitative estimate of drug-likeness (QED) is 0.342. The zero-order valence-electron chi connectivity index (χ0n) is 16.8. The Balaban J connectivity index is 1.99. The Hall–Kier alpha value is -1.43. The lowest BCUT2D eigenvalue weighted by Crippen LogP contribution is -2.48. The summed E-state index contributed by atoms with van der Waals surface area (Å²) in [6.45, 7) is 11.9. The summed E-state index contributed by atoms with van der Waals surface area (Å²) in [6, 6.07) is 9.75. The number of halogens is 2. The van der Waals surface area contributed by atoms with Gasteiger partial charge in [0.2, 0.25) is 0 Å². The van der Waals surface area contributed by atoms with E-state index in [-0.39, 0.29) is 11.4 Å². The molecule has 1 aliphatic rings. The summed E-state index contributed by atoms with van der Waals surface area (Å²) in [5, 5.41) is 0. The minimum Gasteiger partial charge on any atom is -0.366 e. The maximum Gasteiger partial charge on any atom is 0.134 e. The van der Waals surface area contributed by atoms with Crippen molar-refractivity contribution in [2.75, 3.05) is 11.4 Å². The van der Waals surface area contributed by atoms with Crippen LogP contribution in [-0.2, 0) is 0 Å². The largest absolute Gasteiger partial charge is 0.366 e. The van der Waals surface area contributed by atoms with Crippen molar-refractivity contribution in [2.24, 2.45) is 4.99 Å². The second kappa shape index (κ2) is 7.90. The number of fused-ring (bicyclic) bond motifs is 1. The average Bonchev–Trinajstić information content (AvgIpc) is 2.59. The number of hydrogen-bond donors (Lipinski definition) is 0. The van der Waals surface area contributed by atoms with Gasteiger partial charge in [0.25, 0.3) is 0 Å². The fourth-order valence-corrected chi connectivity index (χ4v) is 4.46. The summed E-state index contributed by atoms with van der Waals surface area (Å²) in [5.74, 6) is 0.196. The van der Waals surface area contributed by atoms with Crippen molar-refractivity contribution in [2.45, 2.75) is 58.9 Å². The van der Waals surface area contributed by atoms with E-state index in [0.717, 1.165) is 30.8 Å². The van der Waals surface area contributed by atoms with Crippen LogP contribution in [0.25, 0.3) is 0 Å². The van der Waals surface area contributed by atoms with E-state index < -0.39 is 0 Å². The molecular weight excluding hydrogens is 450 g/mol. The maximum absolute atomic E-state index is 14.9. The van der Waals surface area contributed by atoms with Gasteiger partial charge in [-0.15, -0.1) is 0 Å². The summed E-state index contributed by atoms with van der Waals surface area (Å²) in [5.41, 5.74) is 4.91. The van der Waals surface area contributed by atoms with E-state index in [1.54, 1.807) is 12.3 Å². The summed E-state index contributed by atoms with van der Waals surface area (Å²) in [7, 11) is 0. The maximum atomic E-state index is 14.9. The number of hydrogen-bond acceptors (Lipinski definition) is 2. The van der Waals surface area contributed by atoms with Gasteiger partial charge in [-0.25, -0.2) is 4.39 Å². The predicted molar refractivity (Wildman–Crippen MR) is 122 cm³/mol. The highest BCUT2D eigenvalue weighted by Crippen LogP contribution is 2.44. The fraction of sp³-hybridized carbons (Fsp3) is 0.435. The number of rotatable bonds is 4. The van der Waals surface area contributed by atoms with Crippen LogP contribution in [0.5, 0.6) is 0 Å². The third kappa shape index (κ3) is 4.20. The SMILES string of the molecule is CCCN1c2cc(F)c(C=Nc3ccc(I)c(C)c3)cc2C(C)CC1(C)C. The molecule has 3 rings (SSSR count). The molecule has 1 heterocycles. The first-order chi connectivity index (χ1) is 12.7. The Labute approximate surface area is 176 Å². The van der Waals surface area contributed by atoms with Gasteiger partial charge in [0.1, 0.15) is 5.82 Å². The summed E-state index contributed by atoms with van der Waals surface area (Å²) >= 11 is 2.31. The van der Waals surface area contributed by atoms with Crippen molar-refractivity contribution >= 4 is 40.2 Å². The van der Waals surface area contributed by atoms with Crippen molar-refractivity contribution in [3.8, 4) is 0 Å². The zero-order valence-corrected chi connectivity index (χ0v) is 19.0. The highest BCUT2D eigenvalue weighted by molar-refractivity contribution is 14.1. The van der Waals surface area contributed by atoms with Gasteiger partial charge in [-0.3, -0.25) is 4.99 Å². The standard InChI is InChI=1S/C23H28FIN2/c1-6-9-27-22-12-20(24)17(11-19(22)16(3)13-23(27,4)5)14-26-18-7-8-21(25)15(2)10-18/h7-8,10-12,14,16H,6,9,13H2,1-5H3. The van der Waals surface area contributed by atoms with Crippen LogP contribution in [0.1, 0.15) is 63.1 Å². The van der Waals surface area contributed by atoms with E-state index >= 15 is 0 Å². The topological polar surface area (TPSA) is 15.6 Å². The normalized spacial score (nSPS) is 18.8. The van der Waals surface area contributed by atoms with Crippen molar-refractivity contribution in [3.05, 3.63) is 56.4 Å². The third-order valence-electron chi connectivity index (χ3n) is 5.45. The van der Waals surface area contributed by atoms with Crippen LogP contribution in [0.2, 0.25) is 0 Å². The lowest BCUT2D eigenvalue weighted by Gasteiger charge is -2.47. The number of benzene rings is 2. The Kier molecular flexibility index (Phi) is 5.94. The number of aryl methyl sites for hydroxylation is 1. The van der Waals surface area contributed by atoms with Crippen molar-refractivity contribution < 1.29 is 4.39 Å². The molecule has 0 bridgehead atoms. The summed E-state index contributed by atoms with van der Waals surface area (Å²) in [6.07, 6.45) is 3.78. The zero-order chi connectivity index (χ0) is 19.8. The molecule has 0 radical (unpaired) electrons. The van der Waals surface area contributed by atoms with Crippen LogP contribution in [-0.4, -0.2) is 18.3 Å². The lowest BCUT2D eigenvalue weighted by molar-refractivity contribution is 0.375. The van der Waals surface area contributed by atoms with Gasteiger partial charge in [-0.05, 0) is 104 Å². The second-order valence-corrected chi connectivity index (χ2v) is 9.36. The monoisotopic (exact) mass is 478 g/mol. The Morgan fingerprint density at radius 1 is 1.30 bits per heavy atom. The Morgan fingerprint density at radius 2 is 2.04 bits per heavy atom. The first kappa shape index (κ1) is 20.3. The molecule has 0 aromatic heterocycles. The third-order valence-corrected chi connectivity index (χ3v) is 6.66. The highest BCUT2D eigenvalue weighted by atomic mass is 127. The van der Waals surface area contributed by atoms with E-state index in [2.05, 4.69) is 67.1 Å². The molecule has 0 aliphatic carbocycles. The van der Waals surface area contributed by atoms with Crippen LogP contribution in [0.15, 0.2) is 35.3 Å². The van der Waals surface area contributed by atoms with Crippen LogP contribution in [0, 0.1) is 16.3 Å². The first-order valence-corrected chi connectivity index (χ1v) is 10.7. The van der Waals surface area contributed by atoms with Gasteiger partial charge in [0.15, 0.2) is 0 Å². The van der Waals surface area contributed by atoms with Crippen molar-refractivity contribution in [1.82, 2.24) is 0 Å². The number of aliphatic imine (C=N–C) groups is 1. The molecule has 1 atom stereocenters. The second-order valence-electron chi connectivity index (χ2n) is 8.19. The van der Waals surface area contributed by atoms with Gasteiger partial charge in [0.05, 0.1) is 5.69 Å². The van der Waals surface area contributed by atoms with E-state index in [4.69, 9.17) is 0 Å². The molecule has 0 amide bonds. The molecule has 0 saturated carbocycles. The van der Waals surface area contributed by atoms with Crippen LogP contribution < -0.4 is 4.90 Å². The average molecular weight is 478 g/mol. The molecule has 2 nitrogen and oxygen atoms in total. The van der Waals surface area contributed by atoms with Gasteiger partial charge >= 0.3 is 0 Å². The van der Waals surface area contributed by atoms with Crippen LogP contribution in [0.3, 0.4) is 0 Å². The number of nitrogens with zero attached hydrogens (tertiary/aromatic N) is 2. The predicted octanol–water partition coefficient (Wildman–Crippen LogP) is 6.99. The molecule has 4 heteroatoms. The Morgan fingerprint density at radius 3 is 2.70 bits per heavy atom. The van der Waals surface area contributed by atoms with E-state index in [1.807, 2.05) is 24.3 Å². The summed E-state index contributed by atoms with van der Waals surface area (Å²) < 4.78 is 16.1. The molecule has 0 spiro atoms. The van der Waals surface area contributed by atoms with Crippen molar-refractivity contribution in [3.63, 3.8) is 0 Å². The molecule has 27 heavy (non-hydrogen) atoms. The molecule has 1 unspecified atom stereocenters. The smallest absolute Gasteiger partial charge is 0.134 e. The first-order valence-electron chi connectivity index (χ1n) is 9.64. The minimum absolute atomic E-state index is 0.0448. The molecular formula is C23H28FIN2. The minimum atomic E-state index is -0.203. The van der Waals surface area contributed by atoms with Gasteiger partial charge in [0, 0.05) is 33.1 Å². The van der Waals surface area contributed by atoms with E-state index in [0.29, 0.717) is 11.5 Å². The van der Waals surface area contributed by atoms with Gasteiger partial charge in [-0.2, -0.15) is 0 Å². The molecule has 2 aromatic carbocycles. The molecule has 0 fully saturated rings. The van der Waals surface area contributed by atoms with Crippen molar-refractivity contribution in [1.29, 1.82) is 0 Å². The number of anilines is 1. The molecule has 0 N–H and O–H groups in total. The molecule has 144 valence electrons. The van der Waals surface area contributed by atoms with Gasteiger partial charge in [-0.1, -0.05) is 13.8 Å². The van der Waals surface area contributed by atoms with Crippen LogP contribution in [0.4, 0.5) is 15.8 Å².